The minimum Gasteiger partial charge on any atom is -0.392 e. The Hall–Kier alpha value is -0.600. The van der Waals surface area contributed by atoms with Crippen molar-refractivity contribution in [2.45, 2.75) is 78.4 Å². The molecule has 0 saturated heterocycles. The van der Waals surface area contributed by atoms with E-state index in [0.717, 1.165) is 32.1 Å². The molecule has 22 heavy (non-hydrogen) atoms. The Kier molecular flexibility index (Phi) is 5.55. The molecule has 0 amide bonds. The maximum Gasteiger partial charge on any atom is 0.0657 e. The third kappa shape index (κ3) is 3.65. The van der Waals surface area contributed by atoms with Crippen LogP contribution in [0.1, 0.15) is 66.7 Å². The summed E-state index contributed by atoms with van der Waals surface area (Å²) in [5.74, 6) is 1.13. The molecule has 2 heteroatoms. The first-order chi connectivity index (χ1) is 10.2. The van der Waals surface area contributed by atoms with Gasteiger partial charge in [0.2, 0.25) is 0 Å². The van der Waals surface area contributed by atoms with Crippen molar-refractivity contribution in [2.24, 2.45) is 23.7 Å². The number of hydrogen-bond acceptors (Lipinski definition) is 2. The highest BCUT2D eigenvalue weighted by Gasteiger charge is 2.49. The molecule has 0 radical (unpaired) electrons. The number of fused-ring (bicyclic) bond motifs is 1. The highest BCUT2D eigenvalue weighted by molar-refractivity contribution is 5.19. The molecule has 0 aromatic rings. The van der Waals surface area contributed by atoms with Crippen LogP contribution in [0.4, 0.5) is 0 Å². The molecule has 2 aliphatic carbocycles. The van der Waals surface area contributed by atoms with Crippen molar-refractivity contribution < 1.29 is 10.2 Å². The van der Waals surface area contributed by atoms with Gasteiger partial charge in [0.1, 0.15) is 0 Å². The van der Waals surface area contributed by atoms with Gasteiger partial charge in [0.05, 0.1) is 11.7 Å². The standard InChI is InChI=1S/C20H34O2/c1-13(2)7-6-8-14(3)16-11-12-20(5,22)17-10-9-15(4)18(17)19(16)21/h7,9,14,16-19,21-22H,6,8,10-12H2,1-5H3/t14-,16+,17-,18-,19-,20+/m1/s1. The first-order valence-electron chi connectivity index (χ1n) is 8.94. The summed E-state index contributed by atoms with van der Waals surface area (Å²) in [5, 5.41) is 21.9. The van der Waals surface area contributed by atoms with Gasteiger partial charge in [-0.25, -0.2) is 0 Å². The fraction of sp³-hybridized carbons (Fsp3) is 0.800. The van der Waals surface area contributed by atoms with Gasteiger partial charge in [-0.05, 0) is 77.6 Å². The van der Waals surface area contributed by atoms with E-state index in [1.165, 1.54) is 11.1 Å². The Morgan fingerprint density at radius 2 is 2.14 bits per heavy atom. The van der Waals surface area contributed by atoms with Gasteiger partial charge < -0.3 is 10.2 Å². The summed E-state index contributed by atoms with van der Waals surface area (Å²) in [5.41, 5.74) is 2.00. The number of allylic oxidation sites excluding steroid dienone is 3. The summed E-state index contributed by atoms with van der Waals surface area (Å²) in [7, 11) is 0. The van der Waals surface area contributed by atoms with E-state index in [1.807, 2.05) is 6.92 Å². The molecule has 0 aliphatic heterocycles. The van der Waals surface area contributed by atoms with Crippen LogP contribution in [0.2, 0.25) is 0 Å². The molecule has 0 unspecified atom stereocenters. The predicted molar refractivity (Wildman–Crippen MR) is 92.5 cm³/mol. The average molecular weight is 306 g/mol. The minimum absolute atomic E-state index is 0.147. The SMILES string of the molecule is CC(C)=CCC[C@@H](C)[C@@H]1CC[C@](C)(O)[C@@H]2CC=C(C)[C@H]2[C@@H]1O. The highest BCUT2D eigenvalue weighted by atomic mass is 16.3. The first-order valence-corrected chi connectivity index (χ1v) is 8.94. The molecule has 6 atom stereocenters. The van der Waals surface area contributed by atoms with Gasteiger partial charge >= 0.3 is 0 Å². The lowest BCUT2D eigenvalue weighted by atomic mass is 9.74. The molecular formula is C20H34O2. The van der Waals surface area contributed by atoms with Crippen molar-refractivity contribution in [2.75, 3.05) is 0 Å². The smallest absolute Gasteiger partial charge is 0.0657 e. The molecule has 0 heterocycles. The maximum atomic E-state index is 11.0. The second-order valence-electron chi connectivity index (χ2n) is 8.20. The Morgan fingerprint density at radius 3 is 2.77 bits per heavy atom. The number of hydrogen-bond donors (Lipinski definition) is 2. The Labute approximate surface area is 136 Å². The summed E-state index contributed by atoms with van der Waals surface area (Å²) in [6, 6.07) is 0. The van der Waals surface area contributed by atoms with E-state index in [4.69, 9.17) is 0 Å². The Bertz CT molecular complexity index is 443. The quantitative estimate of drug-likeness (QED) is 0.752. The Morgan fingerprint density at radius 1 is 1.45 bits per heavy atom. The summed E-state index contributed by atoms with van der Waals surface area (Å²) in [6.45, 7) is 10.6. The zero-order chi connectivity index (χ0) is 16.5. The first kappa shape index (κ1) is 17.7. The van der Waals surface area contributed by atoms with Crippen LogP contribution in [-0.2, 0) is 0 Å². The van der Waals surface area contributed by atoms with Crippen LogP contribution in [0.25, 0.3) is 0 Å². The second-order valence-corrected chi connectivity index (χ2v) is 8.20. The monoisotopic (exact) mass is 306 g/mol. The maximum absolute atomic E-state index is 11.0. The van der Waals surface area contributed by atoms with E-state index in [-0.39, 0.29) is 17.9 Å². The average Bonchev–Trinajstić information content (AvgIpc) is 2.76. The molecule has 1 saturated carbocycles. The molecule has 2 N–H and O–H groups in total. The van der Waals surface area contributed by atoms with Crippen molar-refractivity contribution in [3.05, 3.63) is 23.3 Å². The van der Waals surface area contributed by atoms with Crippen molar-refractivity contribution in [3.8, 4) is 0 Å². The molecule has 1 fully saturated rings. The van der Waals surface area contributed by atoms with Crippen LogP contribution < -0.4 is 0 Å². The third-order valence-electron chi connectivity index (χ3n) is 6.15. The highest BCUT2D eigenvalue weighted by Crippen LogP contribution is 2.49. The summed E-state index contributed by atoms with van der Waals surface area (Å²) >= 11 is 0. The van der Waals surface area contributed by atoms with Crippen molar-refractivity contribution in [3.63, 3.8) is 0 Å². The summed E-state index contributed by atoms with van der Waals surface area (Å²) in [6.07, 6.45) is 9.08. The van der Waals surface area contributed by atoms with Gasteiger partial charge in [0.25, 0.3) is 0 Å². The van der Waals surface area contributed by atoms with Gasteiger partial charge in [-0.15, -0.1) is 0 Å². The van der Waals surface area contributed by atoms with Gasteiger partial charge in [-0.3, -0.25) is 0 Å². The van der Waals surface area contributed by atoms with E-state index in [9.17, 15) is 10.2 Å². The van der Waals surface area contributed by atoms with Crippen LogP contribution in [0.15, 0.2) is 23.3 Å². The third-order valence-corrected chi connectivity index (χ3v) is 6.15. The second kappa shape index (κ2) is 6.88. The zero-order valence-corrected chi connectivity index (χ0v) is 15.0. The molecule has 2 rings (SSSR count). The van der Waals surface area contributed by atoms with Crippen LogP contribution in [0, 0.1) is 23.7 Å². The minimum atomic E-state index is -0.645. The zero-order valence-electron chi connectivity index (χ0n) is 15.0. The largest absolute Gasteiger partial charge is 0.392 e. The molecule has 0 aromatic heterocycles. The molecular weight excluding hydrogens is 272 g/mol. The van der Waals surface area contributed by atoms with E-state index in [0.29, 0.717) is 11.8 Å². The van der Waals surface area contributed by atoms with Crippen LogP contribution in [0.5, 0.6) is 0 Å². The lowest BCUT2D eigenvalue weighted by Gasteiger charge is -2.35. The summed E-state index contributed by atoms with van der Waals surface area (Å²) < 4.78 is 0. The number of aliphatic hydroxyl groups is 2. The molecule has 2 aliphatic rings. The normalized spacial score (nSPS) is 39.7. The van der Waals surface area contributed by atoms with Gasteiger partial charge in [-0.1, -0.05) is 30.2 Å². The number of aliphatic hydroxyl groups excluding tert-OH is 1. The molecule has 0 aromatic carbocycles. The molecule has 126 valence electrons. The lowest BCUT2D eigenvalue weighted by Crippen LogP contribution is -2.40. The molecule has 0 spiro atoms. The predicted octanol–water partition coefficient (Wildman–Crippen LogP) is 4.47. The summed E-state index contributed by atoms with van der Waals surface area (Å²) in [4.78, 5) is 0. The van der Waals surface area contributed by atoms with Gasteiger partial charge in [0, 0.05) is 5.92 Å². The Balaban J connectivity index is 2.12. The van der Waals surface area contributed by atoms with Crippen LogP contribution in [-0.4, -0.2) is 21.9 Å². The van der Waals surface area contributed by atoms with Crippen molar-refractivity contribution in [1.82, 2.24) is 0 Å². The fourth-order valence-electron chi connectivity index (χ4n) is 4.61. The molecule has 2 nitrogen and oxygen atoms in total. The number of rotatable bonds is 4. The van der Waals surface area contributed by atoms with Crippen LogP contribution >= 0.6 is 0 Å². The van der Waals surface area contributed by atoms with E-state index in [1.54, 1.807) is 0 Å². The van der Waals surface area contributed by atoms with E-state index >= 15 is 0 Å². The van der Waals surface area contributed by atoms with Crippen LogP contribution in [0.3, 0.4) is 0 Å². The van der Waals surface area contributed by atoms with Gasteiger partial charge in [-0.2, -0.15) is 0 Å². The van der Waals surface area contributed by atoms with Crippen molar-refractivity contribution >= 4 is 0 Å². The van der Waals surface area contributed by atoms with E-state index in [2.05, 4.69) is 39.8 Å². The fourth-order valence-corrected chi connectivity index (χ4v) is 4.61. The lowest BCUT2D eigenvalue weighted by molar-refractivity contribution is -0.0344. The topological polar surface area (TPSA) is 40.5 Å². The van der Waals surface area contributed by atoms with Crippen molar-refractivity contribution in [1.29, 1.82) is 0 Å². The van der Waals surface area contributed by atoms with E-state index < -0.39 is 5.60 Å². The molecule has 0 bridgehead atoms. The van der Waals surface area contributed by atoms with Gasteiger partial charge in [0.15, 0.2) is 0 Å².